The topological polar surface area (TPSA) is 81.5 Å². The van der Waals surface area contributed by atoms with E-state index in [4.69, 9.17) is 4.74 Å². The molecule has 1 aromatic carbocycles. The number of methoxy groups -OCH3 is 1. The van der Waals surface area contributed by atoms with Crippen molar-refractivity contribution in [3.8, 4) is 0 Å². The molecular formula is C11H13BrN2O4. The van der Waals surface area contributed by atoms with Crippen molar-refractivity contribution in [1.29, 1.82) is 0 Å². The summed E-state index contributed by atoms with van der Waals surface area (Å²) in [5.41, 5.74) is 0.126. The van der Waals surface area contributed by atoms with E-state index in [1.807, 2.05) is 0 Å². The summed E-state index contributed by atoms with van der Waals surface area (Å²) in [6.07, 6.45) is 0.689. The second-order valence-electron chi connectivity index (χ2n) is 3.50. The fraction of sp³-hybridized carbons (Fsp3) is 0.364. The van der Waals surface area contributed by atoms with Crippen LogP contribution in [0.4, 0.5) is 5.69 Å². The summed E-state index contributed by atoms with van der Waals surface area (Å²) in [7, 11) is 1.58. The highest BCUT2D eigenvalue weighted by Gasteiger charge is 2.18. The Morgan fingerprint density at radius 2 is 2.28 bits per heavy atom. The number of hydrogen-bond acceptors (Lipinski definition) is 4. The van der Waals surface area contributed by atoms with Crippen molar-refractivity contribution in [2.75, 3.05) is 20.3 Å². The smallest absolute Gasteiger partial charge is 0.284 e. The summed E-state index contributed by atoms with van der Waals surface area (Å²) in [4.78, 5) is 22.0. The van der Waals surface area contributed by atoms with Gasteiger partial charge in [-0.25, -0.2) is 0 Å². The van der Waals surface area contributed by atoms with Crippen molar-refractivity contribution >= 4 is 27.5 Å². The largest absolute Gasteiger partial charge is 0.385 e. The number of nitro benzene ring substituents is 1. The van der Waals surface area contributed by atoms with E-state index in [0.717, 1.165) is 0 Å². The number of ether oxygens (including phenoxy) is 1. The van der Waals surface area contributed by atoms with Crippen LogP contribution in [0.5, 0.6) is 0 Å². The molecule has 0 saturated carbocycles. The second kappa shape index (κ2) is 7.07. The zero-order valence-corrected chi connectivity index (χ0v) is 11.4. The molecule has 0 unspecified atom stereocenters. The molecule has 0 aliphatic carbocycles. The number of hydrogen-bond donors (Lipinski definition) is 1. The number of nitro groups is 1. The predicted molar refractivity (Wildman–Crippen MR) is 69.6 cm³/mol. The molecule has 0 saturated heterocycles. The molecule has 1 rings (SSSR count). The highest BCUT2D eigenvalue weighted by atomic mass is 79.9. The number of amides is 1. The molecular weight excluding hydrogens is 304 g/mol. The summed E-state index contributed by atoms with van der Waals surface area (Å²) < 4.78 is 5.05. The van der Waals surface area contributed by atoms with Crippen LogP contribution >= 0.6 is 15.9 Å². The van der Waals surface area contributed by atoms with Crippen LogP contribution in [0.15, 0.2) is 22.7 Å². The van der Waals surface area contributed by atoms with Gasteiger partial charge in [0.15, 0.2) is 0 Å². The van der Waals surface area contributed by atoms with Crippen LogP contribution in [0.1, 0.15) is 16.8 Å². The highest BCUT2D eigenvalue weighted by Crippen LogP contribution is 2.28. The first-order valence-electron chi connectivity index (χ1n) is 5.28. The van der Waals surface area contributed by atoms with Crippen molar-refractivity contribution in [1.82, 2.24) is 5.32 Å². The van der Waals surface area contributed by atoms with Crippen molar-refractivity contribution < 1.29 is 14.5 Å². The first kappa shape index (κ1) is 14.6. The molecule has 0 spiro atoms. The van der Waals surface area contributed by atoms with E-state index in [1.54, 1.807) is 7.11 Å². The fourth-order valence-corrected chi connectivity index (χ4v) is 1.94. The van der Waals surface area contributed by atoms with Crippen LogP contribution < -0.4 is 5.32 Å². The van der Waals surface area contributed by atoms with Crippen LogP contribution in [0.3, 0.4) is 0 Å². The minimum absolute atomic E-state index is 0.125. The van der Waals surface area contributed by atoms with Gasteiger partial charge in [-0.1, -0.05) is 6.07 Å². The van der Waals surface area contributed by atoms with Gasteiger partial charge in [-0.15, -0.1) is 0 Å². The number of carbonyl (C=O) groups excluding carboxylic acids is 1. The maximum absolute atomic E-state index is 11.8. The van der Waals surface area contributed by atoms with Gasteiger partial charge in [-0.2, -0.15) is 0 Å². The van der Waals surface area contributed by atoms with Crippen LogP contribution in [0, 0.1) is 10.1 Å². The first-order valence-corrected chi connectivity index (χ1v) is 6.07. The third kappa shape index (κ3) is 3.78. The molecule has 0 heterocycles. The van der Waals surface area contributed by atoms with E-state index in [9.17, 15) is 14.9 Å². The number of halogens is 1. The van der Waals surface area contributed by atoms with Gasteiger partial charge in [-0.05, 0) is 28.4 Å². The lowest BCUT2D eigenvalue weighted by Crippen LogP contribution is -2.25. The Morgan fingerprint density at radius 1 is 1.56 bits per heavy atom. The first-order chi connectivity index (χ1) is 8.57. The number of carbonyl (C=O) groups is 1. The molecule has 7 heteroatoms. The standard InChI is InChI=1S/C11H13BrN2O4/c1-18-7-3-6-13-11(15)8-4-2-5-9(10(8)12)14(16)17/h2,4-5H,3,6-7H2,1H3,(H,13,15). The average molecular weight is 317 g/mol. The Kier molecular flexibility index (Phi) is 5.73. The highest BCUT2D eigenvalue weighted by molar-refractivity contribution is 9.10. The van der Waals surface area contributed by atoms with Gasteiger partial charge in [-0.3, -0.25) is 14.9 Å². The molecule has 0 atom stereocenters. The summed E-state index contributed by atoms with van der Waals surface area (Å²) >= 11 is 3.08. The fourth-order valence-electron chi connectivity index (χ4n) is 1.35. The van der Waals surface area contributed by atoms with Crippen LogP contribution in [-0.2, 0) is 4.74 Å². The summed E-state index contributed by atoms with van der Waals surface area (Å²) in [6.45, 7) is 1.01. The van der Waals surface area contributed by atoms with E-state index in [0.29, 0.717) is 19.6 Å². The predicted octanol–water partition coefficient (Wildman–Crippen LogP) is 2.12. The van der Waals surface area contributed by atoms with Gasteiger partial charge in [0.05, 0.1) is 10.5 Å². The molecule has 0 radical (unpaired) electrons. The molecule has 1 aromatic rings. The molecule has 1 N–H and O–H groups in total. The van der Waals surface area contributed by atoms with Crippen molar-refractivity contribution in [3.05, 3.63) is 38.3 Å². The molecule has 98 valence electrons. The van der Waals surface area contributed by atoms with Gasteiger partial charge in [0.1, 0.15) is 4.47 Å². The molecule has 0 bridgehead atoms. The van der Waals surface area contributed by atoms with Crippen molar-refractivity contribution in [2.24, 2.45) is 0 Å². The lowest BCUT2D eigenvalue weighted by molar-refractivity contribution is -0.385. The third-order valence-corrected chi connectivity index (χ3v) is 3.06. The lowest BCUT2D eigenvalue weighted by atomic mass is 10.2. The summed E-state index contributed by atoms with van der Waals surface area (Å²) in [6, 6.07) is 4.35. The van der Waals surface area contributed by atoms with Crippen LogP contribution in [-0.4, -0.2) is 31.1 Å². The Bertz CT molecular complexity index is 451. The van der Waals surface area contributed by atoms with Gasteiger partial charge in [0.2, 0.25) is 0 Å². The van der Waals surface area contributed by atoms with Crippen LogP contribution in [0.2, 0.25) is 0 Å². The number of nitrogens with zero attached hydrogens (tertiary/aromatic N) is 1. The van der Waals surface area contributed by atoms with Gasteiger partial charge in [0.25, 0.3) is 11.6 Å². The molecule has 18 heavy (non-hydrogen) atoms. The van der Waals surface area contributed by atoms with E-state index in [-0.39, 0.29) is 21.6 Å². The molecule has 6 nitrogen and oxygen atoms in total. The zero-order chi connectivity index (χ0) is 13.5. The molecule has 0 fully saturated rings. The van der Waals surface area contributed by atoms with E-state index < -0.39 is 4.92 Å². The molecule has 0 aliphatic rings. The normalized spacial score (nSPS) is 10.1. The Morgan fingerprint density at radius 3 is 2.89 bits per heavy atom. The van der Waals surface area contributed by atoms with Crippen molar-refractivity contribution in [2.45, 2.75) is 6.42 Å². The quantitative estimate of drug-likeness (QED) is 0.495. The summed E-state index contributed by atoms with van der Waals surface area (Å²) in [5.74, 6) is -0.346. The molecule has 1 amide bonds. The van der Waals surface area contributed by atoms with Gasteiger partial charge >= 0.3 is 0 Å². The van der Waals surface area contributed by atoms with Crippen molar-refractivity contribution in [3.63, 3.8) is 0 Å². The molecule has 0 aromatic heterocycles. The third-order valence-electron chi connectivity index (χ3n) is 2.23. The van der Waals surface area contributed by atoms with E-state index >= 15 is 0 Å². The van der Waals surface area contributed by atoms with Crippen LogP contribution in [0.25, 0.3) is 0 Å². The maximum atomic E-state index is 11.8. The Balaban J connectivity index is 2.74. The monoisotopic (exact) mass is 316 g/mol. The Labute approximate surface area is 113 Å². The SMILES string of the molecule is COCCCNC(=O)c1cccc([N+](=O)[O-])c1Br. The van der Waals surface area contributed by atoms with E-state index in [1.165, 1.54) is 18.2 Å². The van der Waals surface area contributed by atoms with Gasteiger partial charge < -0.3 is 10.1 Å². The minimum Gasteiger partial charge on any atom is -0.385 e. The minimum atomic E-state index is -0.536. The zero-order valence-electron chi connectivity index (χ0n) is 9.81. The Hall–Kier alpha value is -1.47. The summed E-state index contributed by atoms with van der Waals surface area (Å²) in [5, 5.41) is 13.4. The van der Waals surface area contributed by atoms with E-state index in [2.05, 4.69) is 21.2 Å². The lowest BCUT2D eigenvalue weighted by Gasteiger charge is -2.06. The maximum Gasteiger partial charge on any atom is 0.284 e. The average Bonchev–Trinajstić information content (AvgIpc) is 2.34. The second-order valence-corrected chi connectivity index (χ2v) is 4.29. The number of rotatable bonds is 6. The molecule has 0 aliphatic heterocycles. The van der Waals surface area contributed by atoms with Gasteiger partial charge in [0, 0.05) is 26.3 Å². The number of benzene rings is 1. The number of nitrogens with one attached hydrogen (secondary N) is 1.